The number of carboxylic acids is 1. The lowest BCUT2D eigenvalue weighted by molar-refractivity contribution is -0.383. The van der Waals surface area contributed by atoms with Crippen molar-refractivity contribution in [2.45, 2.75) is 0 Å². The number of anilines is 2. The molecule has 2 rings (SSSR count). The summed E-state index contributed by atoms with van der Waals surface area (Å²) in [5, 5.41) is 23.4. The van der Waals surface area contributed by atoms with E-state index in [0.717, 1.165) is 0 Å². The topological polar surface area (TPSA) is 92.5 Å². The summed E-state index contributed by atoms with van der Waals surface area (Å²) in [7, 11) is 0. The van der Waals surface area contributed by atoms with Gasteiger partial charge in [-0.1, -0.05) is 17.7 Å². The van der Waals surface area contributed by atoms with E-state index in [1.54, 1.807) is 12.1 Å². The maximum atomic E-state index is 11.2. The third-order valence-electron chi connectivity index (χ3n) is 2.66. The highest BCUT2D eigenvalue weighted by Crippen LogP contribution is 2.35. The van der Waals surface area contributed by atoms with Crippen LogP contribution in [-0.4, -0.2) is 16.0 Å². The SMILES string of the molecule is O=C(O)c1cccc([N+](=O)[O-])c1Nc1cc(Cl)ccc1Br. The van der Waals surface area contributed by atoms with Crippen LogP contribution in [0.5, 0.6) is 0 Å². The van der Waals surface area contributed by atoms with Gasteiger partial charge in [0, 0.05) is 15.6 Å². The van der Waals surface area contributed by atoms with Crippen molar-refractivity contribution in [3.63, 3.8) is 0 Å². The molecule has 0 bridgehead atoms. The number of nitrogens with zero attached hydrogens (tertiary/aromatic N) is 1. The van der Waals surface area contributed by atoms with Crippen LogP contribution in [0.15, 0.2) is 40.9 Å². The average Bonchev–Trinajstić information content (AvgIpc) is 2.42. The van der Waals surface area contributed by atoms with E-state index >= 15 is 0 Å². The number of carboxylic acid groups (broad SMARTS) is 1. The molecule has 0 aliphatic carbocycles. The van der Waals surface area contributed by atoms with Crippen LogP contribution in [-0.2, 0) is 0 Å². The zero-order valence-electron chi connectivity index (χ0n) is 10.3. The van der Waals surface area contributed by atoms with Gasteiger partial charge in [0.15, 0.2) is 0 Å². The van der Waals surface area contributed by atoms with Gasteiger partial charge in [0.2, 0.25) is 0 Å². The lowest BCUT2D eigenvalue weighted by Crippen LogP contribution is -2.06. The van der Waals surface area contributed by atoms with Crippen molar-refractivity contribution in [2.75, 3.05) is 5.32 Å². The first-order valence-corrected chi connectivity index (χ1v) is 6.80. The second-order valence-electron chi connectivity index (χ2n) is 4.01. The Morgan fingerprint density at radius 2 is 2.05 bits per heavy atom. The normalized spacial score (nSPS) is 10.2. The van der Waals surface area contributed by atoms with Crippen LogP contribution in [0.2, 0.25) is 5.02 Å². The fourth-order valence-electron chi connectivity index (χ4n) is 1.73. The molecule has 0 spiro atoms. The molecule has 0 saturated heterocycles. The quantitative estimate of drug-likeness (QED) is 0.612. The summed E-state index contributed by atoms with van der Waals surface area (Å²) in [6, 6.07) is 8.66. The van der Waals surface area contributed by atoms with Crippen molar-refractivity contribution in [2.24, 2.45) is 0 Å². The molecule has 2 aromatic carbocycles. The number of nitro benzene ring substituents is 1. The van der Waals surface area contributed by atoms with Gasteiger partial charge < -0.3 is 10.4 Å². The first kappa shape index (κ1) is 15.3. The average molecular weight is 372 g/mol. The third kappa shape index (κ3) is 3.32. The minimum atomic E-state index is -1.26. The smallest absolute Gasteiger partial charge is 0.338 e. The van der Waals surface area contributed by atoms with Gasteiger partial charge in [-0.05, 0) is 40.2 Å². The second kappa shape index (κ2) is 6.11. The molecule has 0 heterocycles. The highest BCUT2D eigenvalue weighted by molar-refractivity contribution is 9.10. The summed E-state index contributed by atoms with van der Waals surface area (Å²) < 4.78 is 0.599. The van der Waals surface area contributed by atoms with Gasteiger partial charge >= 0.3 is 5.97 Å². The summed E-state index contributed by atoms with van der Waals surface area (Å²) in [5.74, 6) is -1.26. The van der Waals surface area contributed by atoms with Crippen LogP contribution in [0.25, 0.3) is 0 Å². The summed E-state index contributed by atoms with van der Waals surface area (Å²) in [5.41, 5.74) is -0.199. The summed E-state index contributed by atoms with van der Waals surface area (Å²) >= 11 is 9.15. The lowest BCUT2D eigenvalue weighted by Gasteiger charge is -2.11. The van der Waals surface area contributed by atoms with Crippen LogP contribution in [0.4, 0.5) is 17.1 Å². The number of para-hydroxylation sites is 1. The van der Waals surface area contributed by atoms with Gasteiger partial charge in [-0.25, -0.2) is 4.79 Å². The first-order valence-electron chi connectivity index (χ1n) is 5.63. The minimum absolute atomic E-state index is 0.0991. The minimum Gasteiger partial charge on any atom is -0.478 e. The standard InChI is InChI=1S/C13H8BrClN2O4/c14-9-5-4-7(15)6-10(9)16-12-8(13(18)19)2-1-3-11(12)17(20)21/h1-6,16H,(H,18,19). The van der Waals surface area contributed by atoms with Crippen molar-refractivity contribution in [1.29, 1.82) is 0 Å². The third-order valence-corrected chi connectivity index (χ3v) is 3.58. The summed E-state index contributed by atoms with van der Waals surface area (Å²) in [6.07, 6.45) is 0. The van der Waals surface area contributed by atoms with Crippen molar-refractivity contribution in [3.05, 3.63) is 61.6 Å². The summed E-state index contributed by atoms with van der Waals surface area (Å²) in [4.78, 5) is 21.7. The molecule has 0 saturated carbocycles. The van der Waals surface area contributed by atoms with Crippen molar-refractivity contribution >= 4 is 50.6 Å². The number of rotatable bonds is 4. The van der Waals surface area contributed by atoms with E-state index in [2.05, 4.69) is 21.2 Å². The Hall–Kier alpha value is -2.12. The van der Waals surface area contributed by atoms with Crippen LogP contribution < -0.4 is 5.32 Å². The molecule has 0 unspecified atom stereocenters. The largest absolute Gasteiger partial charge is 0.478 e. The Bertz CT molecular complexity index is 704. The fraction of sp³-hybridized carbons (Fsp3) is 0. The van der Waals surface area contributed by atoms with E-state index in [-0.39, 0.29) is 16.9 Å². The van der Waals surface area contributed by atoms with E-state index < -0.39 is 10.9 Å². The maximum absolute atomic E-state index is 11.2. The molecule has 21 heavy (non-hydrogen) atoms. The number of nitro groups is 1. The van der Waals surface area contributed by atoms with E-state index in [1.165, 1.54) is 24.3 Å². The van der Waals surface area contributed by atoms with E-state index in [1.807, 2.05) is 0 Å². The molecule has 2 aromatic rings. The van der Waals surface area contributed by atoms with Crippen molar-refractivity contribution in [1.82, 2.24) is 0 Å². The van der Waals surface area contributed by atoms with E-state index in [9.17, 15) is 20.0 Å². The molecular weight excluding hydrogens is 364 g/mol. The maximum Gasteiger partial charge on any atom is 0.338 e. The van der Waals surface area contributed by atoms with E-state index in [4.69, 9.17) is 11.6 Å². The van der Waals surface area contributed by atoms with Gasteiger partial charge in [0.05, 0.1) is 16.2 Å². The number of hydrogen-bond donors (Lipinski definition) is 2. The summed E-state index contributed by atoms with van der Waals surface area (Å²) in [6.45, 7) is 0. The van der Waals surface area contributed by atoms with Crippen LogP contribution in [0.3, 0.4) is 0 Å². The predicted octanol–water partition coefficient (Wildman–Crippen LogP) is 4.45. The molecule has 0 atom stereocenters. The highest BCUT2D eigenvalue weighted by atomic mass is 79.9. The van der Waals surface area contributed by atoms with Crippen molar-refractivity contribution < 1.29 is 14.8 Å². The lowest BCUT2D eigenvalue weighted by atomic mass is 10.1. The van der Waals surface area contributed by atoms with Crippen LogP contribution in [0, 0.1) is 10.1 Å². The van der Waals surface area contributed by atoms with Crippen molar-refractivity contribution in [3.8, 4) is 0 Å². The Balaban J connectivity index is 2.59. The van der Waals surface area contributed by atoms with Crippen LogP contribution in [0.1, 0.15) is 10.4 Å². The zero-order valence-corrected chi connectivity index (χ0v) is 12.7. The Morgan fingerprint density at radius 1 is 1.33 bits per heavy atom. The monoisotopic (exact) mass is 370 g/mol. The zero-order chi connectivity index (χ0) is 15.6. The molecule has 6 nitrogen and oxygen atoms in total. The number of nitrogens with one attached hydrogen (secondary N) is 1. The molecule has 0 amide bonds. The Morgan fingerprint density at radius 3 is 2.67 bits per heavy atom. The van der Waals surface area contributed by atoms with Gasteiger partial charge in [-0.3, -0.25) is 10.1 Å². The van der Waals surface area contributed by atoms with Crippen LogP contribution >= 0.6 is 27.5 Å². The first-order chi connectivity index (χ1) is 9.90. The Labute approximate surface area is 132 Å². The molecule has 8 heteroatoms. The number of aromatic carboxylic acids is 1. The second-order valence-corrected chi connectivity index (χ2v) is 5.30. The molecule has 0 aromatic heterocycles. The number of carbonyl (C=O) groups is 1. The van der Waals surface area contributed by atoms with Gasteiger partial charge in [0.1, 0.15) is 5.69 Å². The molecule has 0 radical (unpaired) electrons. The molecule has 0 aliphatic rings. The van der Waals surface area contributed by atoms with Gasteiger partial charge in [-0.15, -0.1) is 0 Å². The molecule has 2 N–H and O–H groups in total. The molecule has 108 valence electrons. The predicted molar refractivity (Wildman–Crippen MR) is 82.5 cm³/mol. The van der Waals surface area contributed by atoms with Gasteiger partial charge in [-0.2, -0.15) is 0 Å². The fourth-order valence-corrected chi connectivity index (χ4v) is 2.25. The molecular formula is C13H8BrClN2O4. The number of benzene rings is 2. The molecule has 0 aliphatic heterocycles. The Kier molecular flexibility index (Phi) is 4.44. The highest BCUT2D eigenvalue weighted by Gasteiger charge is 2.22. The number of halogens is 2. The number of hydrogen-bond acceptors (Lipinski definition) is 4. The van der Waals surface area contributed by atoms with E-state index in [0.29, 0.717) is 15.2 Å². The molecule has 0 fully saturated rings. The van der Waals surface area contributed by atoms with Gasteiger partial charge in [0.25, 0.3) is 5.69 Å².